The highest BCUT2D eigenvalue weighted by molar-refractivity contribution is 6.09. The first kappa shape index (κ1) is 13.4. The van der Waals surface area contributed by atoms with E-state index < -0.39 is 0 Å². The molecule has 3 nitrogen and oxygen atoms in total. The van der Waals surface area contributed by atoms with Gasteiger partial charge in [-0.2, -0.15) is 0 Å². The molecule has 0 radical (unpaired) electrons. The van der Waals surface area contributed by atoms with Crippen molar-refractivity contribution in [2.24, 2.45) is 18.9 Å². The maximum absolute atomic E-state index is 12.9. The van der Waals surface area contributed by atoms with E-state index in [1.165, 1.54) is 0 Å². The van der Waals surface area contributed by atoms with E-state index in [9.17, 15) is 4.79 Å². The number of ether oxygens (including phenoxy) is 1. The van der Waals surface area contributed by atoms with E-state index in [0.29, 0.717) is 0 Å². The van der Waals surface area contributed by atoms with Crippen LogP contribution in [0.2, 0.25) is 0 Å². The lowest BCUT2D eigenvalue weighted by Gasteiger charge is -2.16. The van der Waals surface area contributed by atoms with Crippen molar-refractivity contribution in [3.05, 3.63) is 36.0 Å². The summed E-state index contributed by atoms with van der Waals surface area (Å²) in [4.78, 5) is 12.9. The SMILES string of the molecule is CC1OC(C)C(C(=O)c2cn(C)c3ccccc23)C1C. The molecule has 1 fully saturated rings. The molecule has 0 spiro atoms. The zero-order valence-corrected chi connectivity index (χ0v) is 12.5. The highest BCUT2D eigenvalue weighted by atomic mass is 16.5. The number of rotatable bonds is 2. The number of benzene rings is 1. The van der Waals surface area contributed by atoms with Crippen molar-refractivity contribution < 1.29 is 9.53 Å². The van der Waals surface area contributed by atoms with E-state index in [4.69, 9.17) is 4.74 Å². The highest BCUT2D eigenvalue weighted by Crippen LogP contribution is 2.36. The van der Waals surface area contributed by atoms with Gasteiger partial charge in [0.25, 0.3) is 0 Å². The van der Waals surface area contributed by atoms with Crippen molar-refractivity contribution in [2.45, 2.75) is 33.0 Å². The summed E-state index contributed by atoms with van der Waals surface area (Å²) in [6.07, 6.45) is 2.09. The van der Waals surface area contributed by atoms with Crippen molar-refractivity contribution in [3.63, 3.8) is 0 Å². The van der Waals surface area contributed by atoms with Crippen LogP contribution in [-0.2, 0) is 11.8 Å². The molecule has 20 heavy (non-hydrogen) atoms. The Morgan fingerprint density at radius 1 is 1.15 bits per heavy atom. The van der Waals surface area contributed by atoms with Crippen LogP contribution in [-0.4, -0.2) is 22.6 Å². The molecule has 1 aliphatic rings. The van der Waals surface area contributed by atoms with Crippen LogP contribution in [0.1, 0.15) is 31.1 Å². The molecule has 4 atom stereocenters. The Hall–Kier alpha value is -1.61. The quantitative estimate of drug-likeness (QED) is 0.784. The van der Waals surface area contributed by atoms with E-state index in [0.717, 1.165) is 16.5 Å². The number of nitrogens with zero attached hydrogens (tertiary/aromatic N) is 1. The predicted octanol–water partition coefficient (Wildman–Crippen LogP) is 3.42. The zero-order chi connectivity index (χ0) is 14.4. The Morgan fingerprint density at radius 3 is 2.50 bits per heavy atom. The Kier molecular flexibility index (Phi) is 3.17. The Bertz CT molecular complexity index is 658. The molecular formula is C17H21NO2. The summed E-state index contributed by atoms with van der Waals surface area (Å²) in [5, 5.41) is 1.04. The largest absolute Gasteiger partial charge is 0.374 e. The van der Waals surface area contributed by atoms with Crippen LogP contribution in [0.5, 0.6) is 0 Å². The molecule has 0 aliphatic carbocycles. The van der Waals surface area contributed by atoms with Crippen molar-refractivity contribution in [2.75, 3.05) is 0 Å². The molecular weight excluding hydrogens is 250 g/mol. The lowest BCUT2D eigenvalue weighted by molar-refractivity contribution is 0.0491. The normalized spacial score (nSPS) is 30.0. The molecule has 1 saturated heterocycles. The topological polar surface area (TPSA) is 31.2 Å². The van der Waals surface area contributed by atoms with Crippen LogP contribution < -0.4 is 0 Å². The van der Waals surface area contributed by atoms with E-state index in [2.05, 4.69) is 13.8 Å². The lowest BCUT2D eigenvalue weighted by Crippen LogP contribution is -2.26. The minimum atomic E-state index is -0.0455. The number of hydrogen-bond acceptors (Lipinski definition) is 2. The predicted molar refractivity (Wildman–Crippen MR) is 79.9 cm³/mol. The third kappa shape index (κ3) is 1.88. The molecule has 2 aromatic rings. The van der Waals surface area contributed by atoms with Crippen LogP contribution in [0.4, 0.5) is 0 Å². The van der Waals surface area contributed by atoms with Gasteiger partial charge in [0.2, 0.25) is 0 Å². The van der Waals surface area contributed by atoms with E-state index in [-0.39, 0.29) is 29.8 Å². The van der Waals surface area contributed by atoms with Gasteiger partial charge in [-0.15, -0.1) is 0 Å². The van der Waals surface area contributed by atoms with Gasteiger partial charge in [0.15, 0.2) is 5.78 Å². The molecule has 106 valence electrons. The minimum absolute atomic E-state index is 0.00790. The first-order valence-corrected chi connectivity index (χ1v) is 7.24. The van der Waals surface area contributed by atoms with Gasteiger partial charge < -0.3 is 9.30 Å². The van der Waals surface area contributed by atoms with Gasteiger partial charge in [-0.1, -0.05) is 25.1 Å². The first-order valence-electron chi connectivity index (χ1n) is 7.24. The van der Waals surface area contributed by atoms with Crippen molar-refractivity contribution in [3.8, 4) is 0 Å². The number of para-hydroxylation sites is 1. The second kappa shape index (κ2) is 4.74. The van der Waals surface area contributed by atoms with Gasteiger partial charge in [-0.05, 0) is 25.8 Å². The summed E-state index contributed by atoms with van der Waals surface area (Å²) in [5.74, 6) is 0.429. The molecule has 1 aromatic carbocycles. The molecule has 3 heteroatoms. The Morgan fingerprint density at radius 2 is 1.85 bits per heavy atom. The molecule has 0 amide bonds. The van der Waals surface area contributed by atoms with Crippen LogP contribution in [0.15, 0.2) is 30.5 Å². The van der Waals surface area contributed by atoms with Crippen LogP contribution >= 0.6 is 0 Å². The summed E-state index contributed by atoms with van der Waals surface area (Å²) in [7, 11) is 1.99. The summed E-state index contributed by atoms with van der Waals surface area (Å²) in [6.45, 7) is 6.17. The molecule has 1 aromatic heterocycles. The number of hydrogen-bond donors (Lipinski definition) is 0. The number of carbonyl (C=O) groups excluding carboxylic acids is 1. The highest BCUT2D eigenvalue weighted by Gasteiger charge is 2.42. The third-order valence-corrected chi connectivity index (χ3v) is 4.71. The van der Waals surface area contributed by atoms with Gasteiger partial charge >= 0.3 is 0 Å². The third-order valence-electron chi connectivity index (χ3n) is 4.71. The number of carbonyl (C=O) groups is 1. The second-order valence-electron chi connectivity index (χ2n) is 5.97. The summed E-state index contributed by atoms with van der Waals surface area (Å²) in [6, 6.07) is 8.06. The van der Waals surface area contributed by atoms with E-state index in [1.807, 2.05) is 49.0 Å². The van der Waals surface area contributed by atoms with Gasteiger partial charge in [0.05, 0.1) is 18.1 Å². The van der Waals surface area contributed by atoms with Gasteiger partial charge in [-0.25, -0.2) is 0 Å². The summed E-state index contributed by atoms with van der Waals surface area (Å²) < 4.78 is 7.84. The molecule has 0 N–H and O–H groups in total. The standard InChI is InChI=1S/C17H21NO2/c1-10-11(2)20-12(3)16(10)17(19)14-9-18(4)15-8-6-5-7-13(14)15/h5-12,16H,1-4H3. The monoisotopic (exact) mass is 271 g/mol. The summed E-state index contributed by atoms with van der Waals surface area (Å²) in [5.41, 5.74) is 1.92. The fraction of sp³-hybridized carbons (Fsp3) is 0.471. The Balaban J connectivity index is 2.05. The van der Waals surface area contributed by atoms with Crippen LogP contribution in [0.25, 0.3) is 10.9 Å². The average molecular weight is 271 g/mol. The maximum Gasteiger partial charge on any atom is 0.171 e. The number of fused-ring (bicyclic) bond motifs is 1. The molecule has 2 heterocycles. The van der Waals surface area contributed by atoms with Crippen LogP contribution in [0.3, 0.4) is 0 Å². The molecule has 4 unspecified atom stereocenters. The number of aromatic nitrogens is 1. The van der Waals surface area contributed by atoms with E-state index >= 15 is 0 Å². The van der Waals surface area contributed by atoms with Gasteiger partial charge in [0.1, 0.15) is 0 Å². The fourth-order valence-corrected chi connectivity index (χ4v) is 3.44. The number of ketones is 1. The molecule has 0 bridgehead atoms. The fourth-order valence-electron chi connectivity index (χ4n) is 3.44. The number of aryl methyl sites for hydroxylation is 1. The molecule has 0 saturated carbocycles. The van der Waals surface area contributed by atoms with E-state index in [1.54, 1.807) is 0 Å². The zero-order valence-electron chi connectivity index (χ0n) is 12.5. The lowest BCUT2D eigenvalue weighted by atomic mass is 9.83. The van der Waals surface area contributed by atoms with Crippen molar-refractivity contribution in [1.29, 1.82) is 0 Å². The first-order chi connectivity index (χ1) is 9.50. The van der Waals surface area contributed by atoms with Crippen LogP contribution in [0, 0.1) is 11.8 Å². The van der Waals surface area contributed by atoms with Gasteiger partial charge in [0, 0.05) is 29.7 Å². The number of Topliss-reactive ketones (excluding diaryl/α,β-unsaturated/α-hetero) is 1. The Labute approximate surface area is 119 Å². The van der Waals surface area contributed by atoms with Crippen molar-refractivity contribution in [1.82, 2.24) is 4.57 Å². The minimum Gasteiger partial charge on any atom is -0.374 e. The maximum atomic E-state index is 12.9. The summed E-state index contributed by atoms with van der Waals surface area (Å²) >= 11 is 0. The van der Waals surface area contributed by atoms with Gasteiger partial charge in [-0.3, -0.25) is 4.79 Å². The molecule has 1 aliphatic heterocycles. The molecule has 3 rings (SSSR count). The second-order valence-corrected chi connectivity index (χ2v) is 5.97. The average Bonchev–Trinajstić information content (AvgIpc) is 2.88. The van der Waals surface area contributed by atoms with Crippen molar-refractivity contribution >= 4 is 16.7 Å². The smallest absolute Gasteiger partial charge is 0.171 e.